The summed E-state index contributed by atoms with van der Waals surface area (Å²) in [6.45, 7) is 2.08. The van der Waals surface area contributed by atoms with Crippen molar-refractivity contribution in [2.45, 2.75) is 13.3 Å². The van der Waals surface area contributed by atoms with E-state index in [0.29, 0.717) is 22.2 Å². The van der Waals surface area contributed by atoms with Gasteiger partial charge in [0.25, 0.3) is 0 Å². The zero-order valence-electron chi connectivity index (χ0n) is 8.24. The first kappa shape index (κ1) is 11.4. The predicted octanol–water partition coefficient (Wildman–Crippen LogP) is 1.72. The number of pyridine rings is 1. The van der Waals surface area contributed by atoms with Crippen LogP contribution >= 0.6 is 12.2 Å². The summed E-state index contributed by atoms with van der Waals surface area (Å²) in [4.78, 5) is 14.0. The molecule has 0 radical (unpaired) electrons. The van der Waals surface area contributed by atoms with Crippen LogP contribution in [0.1, 0.15) is 18.1 Å². The summed E-state index contributed by atoms with van der Waals surface area (Å²) < 4.78 is 5.20. The van der Waals surface area contributed by atoms with E-state index >= 15 is 0 Å². The second kappa shape index (κ2) is 5.27. The number of hydrogen-bond donors (Lipinski definition) is 1. The normalized spacial score (nSPS) is 9.33. The van der Waals surface area contributed by atoms with E-state index in [1.54, 1.807) is 13.1 Å². The minimum atomic E-state index is -0.341. The van der Waals surface area contributed by atoms with Crippen LogP contribution in [0.25, 0.3) is 0 Å². The minimum absolute atomic E-state index is 0.0959. The molecular weight excluding hydrogens is 212 g/mol. The van der Waals surface area contributed by atoms with Gasteiger partial charge in [-0.1, -0.05) is 12.2 Å². The van der Waals surface area contributed by atoms with Crippen LogP contribution in [0.15, 0.2) is 12.4 Å². The van der Waals surface area contributed by atoms with E-state index in [2.05, 4.69) is 4.98 Å². The lowest BCUT2D eigenvalue weighted by Crippen LogP contribution is -2.08. The fourth-order valence-corrected chi connectivity index (χ4v) is 1.35. The van der Waals surface area contributed by atoms with E-state index in [4.69, 9.17) is 22.2 Å². The molecule has 1 N–H and O–H groups in total. The van der Waals surface area contributed by atoms with Gasteiger partial charge >= 0.3 is 5.97 Å². The van der Waals surface area contributed by atoms with Crippen LogP contribution in [0.5, 0.6) is 0 Å². The Morgan fingerprint density at radius 2 is 2.40 bits per heavy atom. The van der Waals surface area contributed by atoms with Crippen LogP contribution in [0.4, 0.5) is 0 Å². The van der Waals surface area contributed by atoms with Gasteiger partial charge in [-0.3, -0.25) is 4.79 Å². The molecule has 0 saturated carbocycles. The van der Waals surface area contributed by atoms with Crippen molar-refractivity contribution in [3.63, 3.8) is 0 Å². The number of carbonyl (C=O) groups excluding carboxylic acids is 1. The Kier molecular flexibility index (Phi) is 4.01. The number of carbonyl (C=O) groups is 1. The molecule has 1 heterocycles. The maximum absolute atomic E-state index is 11.2. The molecule has 5 heteroatoms. The first-order chi connectivity index (χ1) is 7.19. The topological polar surface area (TPSA) is 65.9 Å². The monoisotopic (exact) mass is 222 g/mol. The quantitative estimate of drug-likeness (QED) is 0.624. The molecule has 1 aromatic heterocycles. The molecule has 0 amide bonds. The van der Waals surface area contributed by atoms with Crippen molar-refractivity contribution in [2.75, 3.05) is 6.61 Å². The van der Waals surface area contributed by atoms with Crippen LogP contribution < -0.4 is 0 Å². The zero-order valence-corrected chi connectivity index (χ0v) is 9.06. The molecule has 1 aromatic rings. The van der Waals surface area contributed by atoms with Gasteiger partial charge < -0.3 is 9.72 Å². The van der Waals surface area contributed by atoms with Crippen LogP contribution in [0.3, 0.4) is 0 Å². The Balaban J connectivity index is 2.93. The molecule has 0 atom stereocenters. The number of ether oxygens (including phenoxy) is 1. The third kappa shape index (κ3) is 2.89. The van der Waals surface area contributed by atoms with Crippen molar-refractivity contribution >= 4 is 18.2 Å². The molecule has 0 bridgehead atoms. The summed E-state index contributed by atoms with van der Waals surface area (Å²) in [5, 5.41) is 8.73. The highest BCUT2D eigenvalue weighted by Gasteiger charge is 2.07. The Hall–Kier alpha value is -1.67. The Labute approximate surface area is 92.5 Å². The summed E-state index contributed by atoms with van der Waals surface area (Å²) in [7, 11) is 0. The van der Waals surface area contributed by atoms with Crippen LogP contribution in [-0.2, 0) is 16.0 Å². The minimum Gasteiger partial charge on any atom is -0.466 e. The number of H-pyrrole nitrogens is 1. The van der Waals surface area contributed by atoms with Gasteiger partial charge in [-0.05, 0) is 12.5 Å². The molecule has 15 heavy (non-hydrogen) atoms. The van der Waals surface area contributed by atoms with Crippen LogP contribution in [0, 0.1) is 15.8 Å². The maximum Gasteiger partial charge on any atom is 0.310 e. The molecule has 0 aliphatic heterocycles. The van der Waals surface area contributed by atoms with Gasteiger partial charge in [0.05, 0.1) is 23.1 Å². The molecule has 1 rings (SSSR count). The van der Waals surface area contributed by atoms with Gasteiger partial charge in [-0.2, -0.15) is 5.26 Å². The summed E-state index contributed by atoms with van der Waals surface area (Å²) in [6.07, 6.45) is 3.22. The number of nitriles is 1. The zero-order chi connectivity index (χ0) is 11.3. The first-order valence-corrected chi connectivity index (χ1v) is 4.85. The number of nitrogens with one attached hydrogen (secondary N) is 1. The third-order valence-electron chi connectivity index (χ3n) is 1.78. The van der Waals surface area contributed by atoms with Gasteiger partial charge in [0.2, 0.25) is 0 Å². The smallest absolute Gasteiger partial charge is 0.310 e. The van der Waals surface area contributed by atoms with Gasteiger partial charge in [-0.15, -0.1) is 0 Å². The third-order valence-corrected chi connectivity index (χ3v) is 2.26. The molecule has 4 nitrogen and oxygen atoms in total. The number of aromatic nitrogens is 1. The van der Waals surface area contributed by atoms with Crippen LogP contribution in [0.2, 0.25) is 0 Å². The van der Waals surface area contributed by atoms with Gasteiger partial charge in [-0.25, -0.2) is 0 Å². The first-order valence-electron chi connectivity index (χ1n) is 4.44. The molecule has 0 saturated heterocycles. The van der Waals surface area contributed by atoms with Crippen molar-refractivity contribution < 1.29 is 9.53 Å². The molecule has 0 spiro atoms. The lowest BCUT2D eigenvalue weighted by atomic mass is 10.1. The molecule has 0 aliphatic rings. The van der Waals surface area contributed by atoms with Crippen molar-refractivity contribution in [1.82, 2.24) is 4.98 Å². The second-order valence-electron chi connectivity index (χ2n) is 2.82. The highest BCUT2D eigenvalue weighted by Crippen LogP contribution is 2.07. The molecule has 0 unspecified atom stereocenters. The fourth-order valence-electron chi connectivity index (χ4n) is 1.11. The second-order valence-corrected chi connectivity index (χ2v) is 3.23. The highest BCUT2D eigenvalue weighted by molar-refractivity contribution is 7.71. The molecule has 0 aromatic carbocycles. The van der Waals surface area contributed by atoms with E-state index in [1.165, 1.54) is 6.20 Å². The van der Waals surface area contributed by atoms with Gasteiger partial charge in [0.1, 0.15) is 6.07 Å². The number of aromatic amines is 1. The summed E-state index contributed by atoms with van der Waals surface area (Å²) in [6, 6.07) is 1.95. The maximum atomic E-state index is 11.2. The van der Waals surface area contributed by atoms with E-state index in [1.807, 2.05) is 6.07 Å². The van der Waals surface area contributed by atoms with Gasteiger partial charge in [0.15, 0.2) is 0 Å². The van der Waals surface area contributed by atoms with Crippen molar-refractivity contribution in [2.24, 2.45) is 0 Å². The number of nitrogens with zero attached hydrogens (tertiary/aromatic N) is 1. The fraction of sp³-hybridized carbons (Fsp3) is 0.300. The molecular formula is C10H10N2O2S. The summed E-state index contributed by atoms with van der Waals surface area (Å²) in [5.74, 6) is -0.341. The van der Waals surface area contributed by atoms with Crippen molar-refractivity contribution in [1.29, 1.82) is 5.26 Å². The van der Waals surface area contributed by atoms with E-state index in [-0.39, 0.29) is 12.4 Å². The predicted molar refractivity (Wildman–Crippen MR) is 56.7 cm³/mol. The lowest BCUT2D eigenvalue weighted by molar-refractivity contribution is -0.142. The lowest BCUT2D eigenvalue weighted by Gasteiger charge is -2.02. The Bertz CT molecular complexity index is 459. The van der Waals surface area contributed by atoms with E-state index in [0.717, 1.165) is 0 Å². The average molecular weight is 222 g/mol. The molecule has 0 fully saturated rings. The number of rotatable bonds is 3. The van der Waals surface area contributed by atoms with Crippen LogP contribution in [-0.4, -0.2) is 17.6 Å². The van der Waals surface area contributed by atoms with E-state index < -0.39 is 0 Å². The van der Waals surface area contributed by atoms with E-state index in [9.17, 15) is 4.79 Å². The highest BCUT2D eigenvalue weighted by atomic mass is 32.1. The number of esters is 1. The SMILES string of the molecule is CCOC(=O)Cc1c[nH]cc(C#N)c1=S. The molecule has 78 valence electrons. The average Bonchev–Trinajstić information content (AvgIpc) is 2.21. The van der Waals surface area contributed by atoms with Gasteiger partial charge in [0, 0.05) is 12.4 Å². The molecule has 0 aliphatic carbocycles. The Morgan fingerprint density at radius 3 is 3.00 bits per heavy atom. The van der Waals surface area contributed by atoms with Crippen molar-refractivity contribution in [3.05, 3.63) is 28.0 Å². The standard InChI is InChI=1S/C10H10N2O2S/c1-2-14-9(13)3-7-5-12-6-8(4-11)10(7)15/h5-6H,2-3H2,1H3,(H,12,15). The summed E-state index contributed by atoms with van der Waals surface area (Å²) >= 11 is 5.04. The largest absolute Gasteiger partial charge is 0.466 e. The summed E-state index contributed by atoms with van der Waals surface area (Å²) in [5.41, 5.74) is 0.981. The van der Waals surface area contributed by atoms with Crippen molar-refractivity contribution in [3.8, 4) is 6.07 Å². The Morgan fingerprint density at radius 1 is 1.67 bits per heavy atom. The number of hydrogen-bond acceptors (Lipinski definition) is 4.